The van der Waals surface area contributed by atoms with Crippen molar-refractivity contribution in [1.82, 2.24) is 10.2 Å². The molecule has 0 aromatic heterocycles. The van der Waals surface area contributed by atoms with E-state index in [9.17, 15) is 4.79 Å². The largest absolute Gasteiger partial charge is 0.444 e. The molecule has 2 atom stereocenters. The van der Waals surface area contributed by atoms with Gasteiger partial charge in [-0.15, -0.1) is 0 Å². The van der Waals surface area contributed by atoms with Gasteiger partial charge in [-0.2, -0.15) is 0 Å². The molecule has 0 saturated carbocycles. The van der Waals surface area contributed by atoms with Gasteiger partial charge in [-0.25, -0.2) is 4.79 Å². The number of hydrogen-bond acceptors (Lipinski definition) is 3. The third-order valence-corrected chi connectivity index (χ3v) is 4.11. The molecule has 1 saturated heterocycles. The SMILES string of the molecule is C=C(CC)CC(NCCC)C1CCN(C(=O)OC(C)(C)C)C1. The Morgan fingerprint density at radius 3 is 2.64 bits per heavy atom. The molecule has 0 aromatic carbocycles. The maximum absolute atomic E-state index is 12.2. The first-order valence-electron chi connectivity index (χ1n) is 8.64. The van der Waals surface area contributed by atoms with Crippen LogP contribution in [0.25, 0.3) is 0 Å². The maximum atomic E-state index is 12.2. The van der Waals surface area contributed by atoms with Crippen molar-refractivity contribution < 1.29 is 9.53 Å². The van der Waals surface area contributed by atoms with Crippen LogP contribution in [0.1, 0.15) is 60.3 Å². The minimum Gasteiger partial charge on any atom is -0.444 e. The van der Waals surface area contributed by atoms with Crippen LogP contribution in [0.3, 0.4) is 0 Å². The minimum absolute atomic E-state index is 0.182. The van der Waals surface area contributed by atoms with Crippen molar-refractivity contribution in [2.75, 3.05) is 19.6 Å². The average Bonchev–Trinajstić information content (AvgIpc) is 2.91. The molecule has 0 radical (unpaired) electrons. The van der Waals surface area contributed by atoms with Crippen molar-refractivity contribution in [3.63, 3.8) is 0 Å². The Bertz CT molecular complexity index is 374. The number of nitrogens with zero attached hydrogens (tertiary/aromatic N) is 1. The lowest BCUT2D eigenvalue weighted by molar-refractivity contribution is 0.0285. The van der Waals surface area contributed by atoms with E-state index in [0.717, 1.165) is 45.3 Å². The van der Waals surface area contributed by atoms with Crippen LogP contribution in [-0.4, -0.2) is 42.3 Å². The van der Waals surface area contributed by atoms with Crippen LogP contribution in [0, 0.1) is 5.92 Å². The summed E-state index contributed by atoms with van der Waals surface area (Å²) in [6.45, 7) is 16.8. The number of carbonyl (C=O) groups is 1. The average molecular weight is 310 g/mol. The maximum Gasteiger partial charge on any atom is 0.410 e. The van der Waals surface area contributed by atoms with E-state index >= 15 is 0 Å². The van der Waals surface area contributed by atoms with E-state index in [1.807, 2.05) is 25.7 Å². The number of rotatable bonds is 7. The smallest absolute Gasteiger partial charge is 0.410 e. The molecule has 1 amide bonds. The number of likely N-dealkylation sites (tertiary alicyclic amines) is 1. The molecule has 1 rings (SSSR count). The fraction of sp³-hybridized carbons (Fsp3) is 0.833. The standard InChI is InChI=1S/C18H34N2O2/c1-7-10-19-16(12-14(3)8-2)15-9-11-20(13-15)17(21)22-18(4,5)6/h15-16,19H,3,7-13H2,1-2,4-6H3. The molecule has 4 heteroatoms. The molecule has 4 nitrogen and oxygen atoms in total. The fourth-order valence-electron chi connectivity index (χ4n) is 2.80. The molecule has 2 unspecified atom stereocenters. The highest BCUT2D eigenvalue weighted by Gasteiger charge is 2.33. The highest BCUT2D eigenvalue weighted by Crippen LogP contribution is 2.25. The highest BCUT2D eigenvalue weighted by molar-refractivity contribution is 5.68. The lowest BCUT2D eigenvalue weighted by Gasteiger charge is -2.27. The second-order valence-corrected chi connectivity index (χ2v) is 7.34. The zero-order valence-corrected chi connectivity index (χ0v) is 15.1. The van der Waals surface area contributed by atoms with Gasteiger partial charge in [0.15, 0.2) is 0 Å². The fourth-order valence-corrected chi connectivity index (χ4v) is 2.80. The minimum atomic E-state index is -0.425. The summed E-state index contributed by atoms with van der Waals surface area (Å²) in [6, 6.07) is 0.417. The van der Waals surface area contributed by atoms with Gasteiger partial charge in [0.05, 0.1) is 0 Å². The van der Waals surface area contributed by atoms with Gasteiger partial charge < -0.3 is 15.0 Å². The first-order valence-corrected chi connectivity index (χ1v) is 8.64. The Hall–Kier alpha value is -1.03. The molecule has 22 heavy (non-hydrogen) atoms. The van der Waals surface area contributed by atoms with E-state index in [0.29, 0.717) is 12.0 Å². The van der Waals surface area contributed by atoms with Gasteiger partial charge in [0.2, 0.25) is 0 Å². The van der Waals surface area contributed by atoms with Crippen LogP contribution >= 0.6 is 0 Å². The van der Waals surface area contributed by atoms with Crippen LogP contribution in [0.5, 0.6) is 0 Å². The first-order chi connectivity index (χ1) is 10.3. The first kappa shape index (κ1) is 19.0. The van der Waals surface area contributed by atoms with Gasteiger partial charge in [-0.05, 0) is 58.9 Å². The Morgan fingerprint density at radius 2 is 2.09 bits per heavy atom. The van der Waals surface area contributed by atoms with Crippen LogP contribution in [0.4, 0.5) is 4.79 Å². The predicted molar refractivity (Wildman–Crippen MR) is 92.0 cm³/mol. The molecule has 1 heterocycles. The van der Waals surface area contributed by atoms with Crippen molar-refractivity contribution in [2.45, 2.75) is 71.9 Å². The van der Waals surface area contributed by atoms with E-state index in [4.69, 9.17) is 4.74 Å². The van der Waals surface area contributed by atoms with E-state index < -0.39 is 5.60 Å². The van der Waals surface area contributed by atoms with Crippen molar-refractivity contribution in [3.8, 4) is 0 Å². The summed E-state index contributed by atoms with van der Waals surface area (Å²) < 4.78 is 5.48. The van der Waals surface area contributed by atoms with Crippen LogP contribution in [-0.2, 0) is 4.74 Å². The van der Waals surface area contributed by atoms with E-state index in [1.165, 1.54) is 5.57 Å². The molecule has 1 N–H and O–H groups in total. The zero-order valence-electron chi connectivity index (χ0n) is 15.1. The third kappa shape index (κ3) is 6.39. The van der Waals surface area contributed by atoms with Gasteiger partial charge in [0.25, 0.3) is 0 Å². The lowest BCUT2D eigenvalue weighted by atomic mass is 9.92. The monoisotopic (exact) mass is 310 g/mol. The van der Waals surface area contributed by atoms with E-state index in [2.05, 4.69) is 25.7 Å². The number of hydrogen-bond donors (Lipinski definition) is 1. The van der Waals surface area contributed by atoms with Crippen molar-refractivity contribution in [1.29, 1.82) is 0 Å². The Kier molecular flexibility index (Phi) is 7.40. The number of nitrogens with one attached hydrogen (secondary N) is 1. The number of carbonyl (C=O) groups excluding carboxylic acids is 1. The summed E-state index contributed by atoms with van der Waals surface area (Å²) >= 11 is 0. The second-order valence-electron chi connectivity index (χ2n) is 7.34. The van der Waals surface area contributed by atoms with E-state index in [-0.39, 0.29) is 6.09 Å². The molecule has 0 aliphatic carbocycles. The van der Waals surface area contributed by atoms with Crippen molar-refractivity contribution >= 4 is 6.09 Å². The normalized spacial score (nSPS) is 20.0. The Balaban J connectivity index is 2.59. The van der Waals surface area contributed by atoms with Crippen molar-refractivity contribution in [2.24, 2.45) is 5.92 Å². The summed E-state index contributed by atoms with van der Waals surface area (Å²) in [7, 11) is 0. The van der Waals surface area contributed by atoms with Crippen LogP contribution in [0.2, 0.25) is 0 Å². The van der Waals surface area contributed by atoms with Crippen molar-refractivity contribution in [3.05, 3.63) is 12.2 Å². The molecular weight excluding hydrogens is 276 g/mol. The van der Waals surface area contributed by atoms with E-state index in [1.54, 1.807) is 0 Å². The van der Waals surface area contributed by atoms with Gasteiger partial charge in [-0.3, -0.25) is 0 Å². The highest BCUT2D eigenvalue weighted by atomic mass is 16.6. The summed E-state index contributed by atoms with van der Waals surface area (Å²) in [6.07, 6.45) is 4.00. The van der Waals surface area contributed by atoms with Crippen LogP contribution in [0.15, 0.2) is 12.2 Å². The number of amides is 1. The molecule has 1 fully saturated rings. The topological polar surface area (TPSA) is 41.6 Å². The van der Waals surface area contributed by atoms with Gasteiger partial charge in [-0.1, -0.05) is 26.0 Å². The molecule has 1 aliphatic heterocycles. The molecule has 1 aliphatic rings. The summed E-state index contributed by atoms with van der Waals surface area (Å²) in [5.41, 5.74) is 0.857. The second kappa shape index (κ2) is 8.56. The zero-order chi connectivity index (χ0) is 16.8. The van der Waals surface area contributed by atoms with Crippen LogP contribution < -0.4 is 5.32 Å². The number of ether oxygens (including phenoxy) is 1. The summed E-state index contributed by atoms with van der Waals surface area (Å²) in [5, 5.41) is 3.64. The van der Waals surface area contributed by atoms with Gasteiger partial charge >= 0.3 is 6.09 Å². The third-order valence-electron chi connectivity index (χ3n) is 4.11. The summed E-state index contributed by atoms with van der Waals surface area (Å²) in [4.78, 5) is 14.0. The van der Waals surface area contributed by atoms with Gasteiger partial charge in [0.1, 0.15) is 5.60 Å². The quantitative estimate of drug-likeness (QED) is 0.723. The molecular formula is C18H34N2O2. The lowest BCUT2D eigenvalue weighted by Crippen LogP contribution is -2.40. The molecule has 0 aromatic rings. The Morgan fingerprint density at radius 1 is 1.41 bits per heavy atom. The molecule has 0 bridgehead atoms. The predicted octanol–water partition coefficient (Wildman–Crippen LogP) is 3.97. The molecule has 0 spiro atoms. The molecule has 128 valence electrons. The summed E-state index contributed by atoms with van der Waals surface area (Å²) in [5.74, 6) is 0.488. The van der Waals surface area contributed by atoms with Gasteiger partial charge in [0, 0.05) is 19.1 Å². The Labute approximate surface area is 136 Å².